The zero-order valence-corrected chi connectivity index (χ0v) is 12.7. The quantitative estimate of drug-likeness (QED) is 0.736. The van der Waals surface area contributed by atoms with Crippen LogP contribution in [0.2, 0.25) is 0 Å². The van der Waals surface area contributed by atoms with Crippen LogP contribution in [0, 0.1) is 0 Å². The third-order valence-electron chi connectivity index (χ3n) is 4.08. The van der Waals surface area contributed by atoms with E-state index in [1.165, 1.54) is 16.5 Å². The third-order valence-corrected chi connectivity index (χ3v) is 4.08. The molecule has 0 aliphatic carbocycles. The molecule has 0 aliphatic rings. The summed E-state index contributed by atoms with van der Waals surface area (Å²) in [6.45, 7) is 3.07. The SMILES string of the molecule is C[C@H](c1ccncn1)N(C)Cc1ccc2c(ccn2C)c1. The van der Waals surface area contributed by atoms with Crippen LogP contribution in [0.1, 0.15) is 24.2 Å². The molecule has 4 heteroatoms. The van der Waals surface area contributed by atoms with Gasteiger partial charge in [0.1, 0.15) is 6.33 Å². The van der Waals surface area contributed by atoms with E-state index in [-0.39, 0.29) is 6.04 Å². The zero-order chi connectivity index (χ0) is 14.8. The smallest absolute Gasteiger partial charge is 0.115 e. The van der Waals surface area contributed by atoms with E-state index in [0.717, 1.165) is 12.2 Å². The first-order chi connectivity index (χ1) is 10.1. The van der Waals surface area contributed by atoms with Gasteiger partial charge in [0.15, 0.2) is 0 Å². The Kier molecular flexibility index (Phi) is 3.71. The fraction of sp³-hybridized carbons (Fsp3) is 0.294. The van der Waals surface area contributed by atoms with Gasteiger partial charge < -0.3 is 4.57 Å². The fourth-order valence-electron chi connectivity index (χ4n) is 2.63. The summed E-state index contributed by atoms with van der Waals surface area (Å²) < 4.78 is 2.15. The summed E-state index contributed by atoms with van der Waals surface area (Å²) in [5, 5.41) is 1.29. The zero-order valence-electron chi connectivity index (χ0n) is 12.7. The van der Waals surface area contributed by atoms with Crippen molar-refractivity contribution in [2.75, 3.05) is 7.05 Å². The van der Waals surface area contributed by atoms with Crippen molar-refractivity contribution >= 4 is 10.9 Å². The highest BCUT2D eigenvalue weighted by molar-refractivity contribution is 5.80. The molecule has 0 aliphatic heterocycles. The van der Waals surface area contributed by atoms with Gasteiger partial charge in [0.2, 0.25) is 0 Å². The van der Waals surface area contributed by atoms with E-state index in [9.17, 15) is 0 Å². The summed E-state index contributed by atoms with van der Waals surface area (Å²) in [5.74, 6) is 0. The van der Waals surface area contributed by atoms with Gasteiger partial charge in [0.25, 0.3) is 0 Å². The average Bonchev–Trinajstić information content (AvgIpc) is 2.88. The summed E-state index contributed by atoms with van der Waals surface area (Å²) in [6, 6.07) is 11.0. The van der Waals surface area contributed by atoms with Crippen molar-refractivity contribution in [2.45, 2.75) is 19.5 Å². The van der Waals surface area contributed by atoms with Crippen LogP contribution in [-0.4, -0.2) is 26.5 Å². The Hall–Kier alpha value is -2.20. The highest BCUT2D eigenvalue weighted by Gasteiger charge is 2.13. The number of aryl methyl sites for hydroxylation is 1. The van der Waals surface area contributed by atoms with E-state index in [2.05, 4.69) is 70.9 Å². The molecular formula is C17H20N4. The van der Waals surface area contributed by atoms with E-state index >= 15 is 0 Å². The van der Waals surface area contributed by atoms with E-state index in [4.69, 9.17) is 0 Å². The lowest BCUT2D eigenvalue weighted by Crippen LogP contribution is -2.22. The molecule has 1 aromatic carbocycles. The number of fused-ring (bicyclic) bond motifs is 1. The van der Waals surface area contributed by atoms with Crippen LogP contribution in [0.15, 0.2) is 49.1 Å². The molecule has 4 nitrogen and oxygen atoms in total. The van der Waals surface area contributed by atoms with E-state index < -0.39 is 0 Å². The van der Waals surface area contributed by atoms with Gasteiger partial charge >= 0.3 is 0 Å². The first kappa shape index (κ1) is 13.8. The van der Waals surface area contributed by atoms with Crippen LogP contribution in [0.3, 0.4) is 0 Å². The first-order valence-corrected chi connectivity index (χ1v) is 7.15. The maximum absolute atomic E-state index is 4.34. The molecule has 0 amide bonds. The fourth-order valence-corrected chi connectivity index (χ4v) is 2.63. The van der Waals surface area contributed by atoms with Gasteiger partial charge in [-0.05, 0) is 49.2 Å². The topological polar surface area (TPSA) is 34.0 Å². The standard InChI is InChI=1S/C17H20N4/c1-13(16-6-8-18-12-19-16)21(3)11-14-4-5-17-15(10-14)7-9-20(17)2/h4-10,12-13H,11H2,1-3H3/t13-/m1/s1. The van der Waals surface area contributed by atoms with Gasteiger partial charge in [-0.25, -0.2) is 9.97 Å². The largest absolute Gasteiger partial charge is 0.351 e. The van der Waals surface area contributed by atoms with Crippen LogP contribution in [0.5, 0.6) is 0 Å². The van der Waals surface area contributed by atoms with Crippen molar-refractivity contribution in [1.29, 1.82) is 0 Å². The Bertz CT molecular complexity index is 733. The van der Waals surface area contributed by atoms with Crippen molar-refractivity contribution in [3.8, 4) is 0 Å². The monoisotopic (exact) mass is 280 g/mol. The molecule has 0 fully saturated rings. The van der Waals surface area contributed by atoms with Crippen LogP contribution in [-0.2, 0) is 13.6 Å². The second-order valence-electron chi connectivity index (χ2n) is 5.55. The number of benzene rings is 1. The minimum absolute atomic E-state index is 0.263. The molecule has 108 valence electrons. The average molecular weight is 280 g/mol. The predicted octanol–water partition coefficient (Wildman–Crippen LogP) is 3.16. The molecule has 0 N–H and O–H groups in total. The minimum Gasteiger partial charge on any atom is -0.351 e. The molecule has 2 heterocycles. The number of aromatic nitrogens is 3. The summed E-state index contributed by atoms with van der Waals surface area (Å²) >= 11 is 0. The molecule has 0 bridgehead atoms. The predicted molar refractivity (Wildman–Crippen MR) is 84.8 cm³/mol. The Morgan fingerprint density at radius 2 is 2.10 bits per heavy atom. The van der Waals surface area contributed by atoms with Crippen molar-refractivity contribution in [2.24, 2.45) is 7.05 Å². The van der Waals surface area contributed by atoms with Crippen LogP contribution < -0.4 is 0 Å². The van der Waals surface area contributed by atoms with E-state index in [1.54, 1.807) is 12.5 Å². The second kappa shape index (κ2) is 5.66. The molecule has 0 saturated heterocycles. The Labute approximate surface area is 125 Å². The summed E-state index contributed by atoms with van der Waals surface area (Å²) in [4.78, 5) is 10.6. The molecule has 0 radical (unpaired) electrons. The second-order valence-corrected chi connectivity index (χ2v) is 5.55. The van der Waals surface area contributed by atoms with Crippen molar-refractivity contribution in [3.05, 3.63) is 60.3 Å². The van der Waals surface area contributed by atoms with Gasteiger partial charge in [-0.1, -0.05) is 6.07 Å². The Morgan fingerprint density at radius 1 is 1.24 bits per heavy atom. The van der Waals surface area contributed by atoms with E-state index in [0.29, 0.717) is 0 Å². The van der Waals surface area contributed by atoms with Gasteiger partial charge in [-0.15, -0.1) is 0 Å². The Morgan fingerprint density at radius 3 is 2.86 bits per heavy atom. The number of nitrogens with zero attached hydrogens (tertiary/aromatic N) is 4. The molecule has 3 rings (SSSR count). The highest BCUT2D eigenvalue weighted by Crippen LogP contribution is 2.21. The number of rotatable bonds is 4. The van der Waals surface area contributed by atoms with Gasteiger partial charge in [0.05, 0.1) is 5.69 Å². The maximum Gasteiger partial charge on any atom is 0.115 e. The van der Waals surface area contributed by atoms with Gasteiger partial charge in [-0.3, -0.25) is 4.90 Å². The number of hydrogen-bond acceptors (Lipinski definition) is 3. The molecule has 0 saturated carbocycles. The molecule has 3 aromatic rings. The van der Waals surface area contributed by atoms with Crippen molar-refractivity contribution in [1.82, 2.24) is 19.4 Å². The van der Waals surface area contributed by atoms with Crippen molar-refractivity contribution < 1.29 is 0 Å². The Balaban J connectivity index is 1.78. The van der Waals surface area contributed by atoms with Crippen LogP contribution >= 0.6 is 0 Å². The lowest BCUT2D eigenvalue weighted by Gasteiger charge is -2.24. The lowest BCUT2D eigenvalue weighted by molar-refractivity contribution is 0.248. The lowest BCUT2D eigenvalue weighted by atomic mass is 10.1. The summed E-state index contributed by atoms with van der Waals surface area (Å²) in [6.07, 6.45) is 5.50. The van der Waals surface area contributed by atoms with E-state index in [1.807, 2.05) is 6.07 Å². The first-order valence-electron chi connectivity index (χ1n) is 7.15. The third kappa shape index (κ3) is 2.81. The molecule has 1 atom stereocenters. The minimum atomic E-state index is 0.263. The molecule has 0 spiro atoms. The molecule has 21 heavy (non-hydrogen) atoms. The van der Waals surface area contributed by atoms with Gasteiger partial charge in [0, 0.05) is 37.5 Å². The normalized spacial score (nSPS) is 13.0. The number of hydrogen-bond donors (Lipinski definition) is 0. The van der Waals surface area contributed by atoms with Crippen molar-refractivity contribution in [3.63, 3.8) is 0 Å². The summed E-state index contributed by atoms with van der Waals surface area (Å²) in [5.41, 5.74) is 3.63. The van der Waals surface area contributed by atoms with Crippen LogP contribution in [0.4, 0.5) is 0 Å². The molecular weight excluding hydrogens is 260 g/mol. The molecule has 0 unspecified atom stereocenters. The maximum atomic E-state index is 4.34. The molecule has 2 aromatic heterocycles. The van der Waals surface area contributed by atoms with Crippen LogP contribution in [0.25, 0.3) is 10.9 Å². The highest BCUT2D eigenvalue weighted by atomic mass is 15.1. The summed E-state index contributed by atoms with van der Waals surface area (Å²) in [7, 11) is 4.20. The van der Waals surface area contributed by atoms with Gasteiger partial charge in [-0.2, -0.15) is 0 Å².